The molecular weight excluding hydrogens is 270 g/mol. The molecule has 1 aromatic carbocycles. The molecule has 114 valence electrons. The molecule has 0 spiro atoms. The van der Waals surface area contributed by atoms with E-state index in [0.717, 1.165) is 17.7 Å². The molecular formula is C15H21N3O3. The maximum absolute atomic E-state index is 12.0. The van der Waals surface area contributed by atoms with Crippen molar-refractivity contribution in [3.05, 3.63) is 29.8 Å². The molecule has 1 aromatic rings. The SMILES string of the molecule is CC(=O)Nc1cccc(CNC(=O)[C@@H]2CC[C@H](CN)O2)c1. The van der Waals surface area contributed by atoms with Crippen LogP contribution >= 0.6 is 0 Å². The van der Waals surface area contributed by atoms with Gasteiger partial charge in [0.05, 0.1) is 6.10 Å². The number of rotatable bonds is 5. The summed E-state index contributed by atoms with van der Waals surface area (Å²) in [5.41, 5.74) is 7.16. The average Bonchev–Trinajstić information content (AvgIpc) is 2.93. The lowest BCUT2D eigenvalue weighted by molar-refractivity contribution is -0.132. The number of carbonyl (C=O) groups excluding carboxylic acids is 2. The molecule has 21 heavy (non-hydrogen) atoms. The largest absolute Gasteiger partial charge is 0.364 e. The normalized spacial score (nSPS) is 21.0. The third-order valence-electron chi connectivity index (χ3n) is 3.38. The fourth-order valence-electron chi connectivity index (χ4n) is 2.34. The summed E-state index contributed by atoms with van der Waals surface area (Å²) < 4.78 is 5.54. The summed E-state index contributed by atoms with van der Waals surface area (Å²) >= 11 is 0. The molecule has 0 unspecified atom stereocenters. The van der Waals surface area contributed by atoms with E-state index >= 15 is 0 Å². The van der Waals surface area contributed by atoms with Gasteiger partial charge in [-0.3, -0.25) is 9.59 Å². The topological polar surface area (TPSA) is 93.5 Å². The summed E-state index contributed by atoms with van der Waals surface area (Å²) in [7, 11) is 0. The molecule has 6 nitrogen and oxygen atoms in total. The molecule has 0 saturated carbocycles. The molecule has 0 aromatic heterocycles. The number of hydrogen-bond acceptors (Lipinski definition) is 4. The zero-order valence-electron chi connectivity index (χ0n) is 12.1. The van der Waals surface area contributed by atoms with Gasteiger partial charge in [-0.15, -0.1) is 0 Å². The third-order valence-corrected chi connectivity index (χ3v) is 3.38. The van der Waals surface area contributed by atoms with Gasteiger partial charge in [0.1, 0.15) is 6.10 Å². The number of carbonyl (C=O) groups is 2. The van der Waals surface area contributed by atoms with Gasteiger partial charge in [-0.1, -0.05) is 12.1 Å². The van der Waals surface area contributed by atoms with Crippen molar-refractivity contribution in [1.82, 2.24) is 5.32 Å². The van der Waals surface area contributed by atoms with Crippen LogP contribution in [0.25, 0.3) is 0 Å². The van der Waals surface area contributed by atoms with E-state index in [4.69, 9.17) is 10.5 Å². The van der Waals surface area contributed by atoms with E-state index in [2.05, 4.69) is 10.6 Å². The van der Waals surface area contributed by atoms with Crippen molar-refractivity contribution >= 4 is 17.5 Å². The predicted octanol–water partition coefficient (Wildman–Crippen LogP) is 0.767. The van der Waals surface area contributed by atoms with Crippen molar-refractivity contribution in [1.29, 1.82) is 0 Å². The van der Waals surface area contributed by atoms with Crippen LogP contribution in [0.4, 0.5) is 5.69 Å². The van der Waals surface area contributed by atoms with Gasteiger partial charge in [0, 0.05) is 25.7 Å². The monoisotopic (exact) mass is 291 g/mol. The Labute approximate surface area is 124 Å². The number of nitrogens with two attached hydrogens (primary N) is 1. The van der Waals surface area contributed by atoms with E-state index in [1.54, 1.807) is 6.07 Å². The van der Waals surface area contributed by atoms with Gasteiger partial charge in [0.25, 0.3) is 0 Å². The Bertz CT molecular complexity index is 519. The Hall–Kier alpha value is -1.92. The molecule has 1 aliphatic heterocycles. The molecule has 6 heteroatoms. The van der Waals surface area contributed by atoms with Crippen LogP contribution < -0.4 is 16.4 Å². The van der Waals surface area contributed by atoms with E-state index in [9.17, 15) is 9.59 Å². The number of hydrogen-bond donors (Lipinski definition) is 3. The van der Waals surface area contributed by atoms with Crippen LogP contribution in [-0.4, -0.2) is 30.6 Å². The second-order valence-electron chi connectivity index (χ2n) is 5.16. The highest BCUT2D eigenvalue weighted by molar-refractivity contribution is 5.88. The van der Waals surface area contributed by atoms with E-state index in [1.807, 2.05) is 18.2 Å². The fourth-order valence-corrected chi connectivity index (χ4v) is 2.34. The van der Waals surface area contributed by atoms with Crippen LogP contribution in [0.1, 0.15) is 25.3 Å². The van der Waals surface area contributed by atoms with Crippen LogP contribution in [0.3, 0.4) is 0 Å². The zero-order valence-corrected chi connectivity index (χ0v) is 12.1. The molecule has 1 aliphatic rings. The van der Waals surface area contributed by atoms with Gasteiger partial charge in [0.2, 0.25) is 11.8 Å². The summed E-state index contributed by atoms with van der Waals surface area (Å²) in [6.07, 6.45) is 1.12. The Morgan fingerprint density at radius 1 is 1.38 bits per heavy atom. The summed E-state index contributed by atoms with van der Waals surface area (Å²) in [4.78, 5) is 23.0. The molecule has 0 aliphatic carbocycles. The van der Waals surface area contributed by atoms with Gasteiger partial charge < -0.3 is 21.1 Å². The van der Waals surface area contributed by atoms with E-state index in [-0.39, 0.29) is 17.9 Å². The average molecular weight is 291 g/mol. The fraction of sp³-hybridized carbons (Fsp3) is 0.467. The van der Waals surface area contributed by atoms with Gasteiger partial charge >= 0.3 is 0 Å². The molecule has 0 radical (unpaired) electrons. The second kappa shape index (κ2) is 7.19. The van der Waals surface area contributed by atoms with Crippen LogP contribution in [0.2, 0.25) is 0 Å². The summed E-state index contributed by atoms with van der Waals surface area (Å²) in [6, 6.07) is 7.37. The molecule has 2 amide bonds. The Balaban J connectivity index is 1.85. The number of ether oxygens (including phenoxy) is 1. The van der Waals surface area contributed by atoms with Crippen molar-refractivity contribution in [2.75, 3.05) is 11.9 Å². The second-order valence-corrected chi connectivity index (χ2v) is 5.16. The first-order valence-corrected chi connectivity index (χ1v) is 7.08. The minimum absolute atomic E-state index is 0.0103. The molecule has 1 fully saturated rings. The van der Waals surface area contributed by atoms with Gasteiger partial charge in [-0.25, -0.2) is 0 Å². The Morgan fingerprint density at radius 3 is 2.86 bits per heavy atom. The number of anilines is 1. The smallest absolute Gasteiger partial charge is 0.249 e. The van der Waals surface area contributed by atoms with E-state index in [0.29, 0.717) is 19.5 Å². The van der Waals surface area contributed by atoms with Crippen molar-refractivity contribution in [3.8, 4) is 0 Å². The minimum atomic E-state index is -0.405. The number of benzene rings is 1. The number of nitrogens with one attached hydrogen (secondary N) is 2. The third kappa shape index (κ3) is 4.54. The molecule has 1 heterocycles. The maximum Gasteiger partial charge on any atom is 0.249 e. The van der Waals surface area contributed by atoms with Crippen LogP contribution in [0.5, 0.6) is 0 Å². The predicted molar refractivity (Wildman–Crippen MR) is 79.5 cm³/mol. The zero-order chi connectivity index (χ0) is 15.2. The molecule has 4 N–H and O–H groups in total. The van der Waals surface area contributed by atoms with Gasteiger partial charge in [-0.05, 0) is 30.5 Å². The van der Waals surface area contributed by atoms with Gasteiger partial charge in [0.15, 0.2) is 0 Å². The summed E-state index contributed by atoms with van der Waals surface area (Å²) in [6.45, 7) is 2.31. The highest BCUT2D eigenvalue weighted by atomic mass is 16.5. The first kappa shape index (κ1) is 15.5. The standard InChI is InChI=1S/C15H21N3O3/c1-10(19)18-12-4-2-3-11(7-12)9-17-15(20)14-6-5-13(8-16)21-14/h2-4,7,13-14H,5-6,8-9,16H2,1H3,(H,17,20)(H,18,19)/t13-,14+/m1/s1. The van der Waals surface area contributed by atoms with Crippen LogP contribution in [-0.2, 0) is 20.9 Å². The van der Waals surface area contributed by atoms with E-state index in [1.165, 1.54) is 6.92 Å². The summed E-state index contributed by atoms with van der Waals surface area (Å²) in [5.74, 6) is -0.237. The van der Waals surface area contributed by atoms with Crippen LogP contribution in [0.15, 0.2) is 24.3 Å². The van der Waals surface area contributed by atoms with Crippen LogP contribution in [0, 0.1) is 0 Å². The minimum Gasteiger partial charge on any atom is -0.364 e. The lowest BCUT2D eigenvalue weighted by Crippen LogP contribution is -2.35. The number of amides is 2. The molecule has 0 bridgehead atoms. The van der Waals surface area contributed by atoms with Crippen molar-refractivity contribution in [2.24, 2.45) is 5.73 Å². The molecule has 2 rings (SSSR count). The quantitative estimate of drug-likeness (QED) is 0.747. The Kier molecular flexibility index (Phi) is 5.30. The summed E-state index contributed by atoms with van der Waals surface area (Å²) in [5, 5.41) is 5.56. The molecule has 2 atom stereocenters. The maximum atomic E-state index is 12.0. The lowest BCUT2D eigenvalue weighted by Gasteiger charge is -2.13. The highest BCUT2D eigenvalue weighted by Gasteiger charge is 2.29. The molecule has 1 saturated heterocycles. The van der Waals surface area contributed by atoms with Crippen molar-refractivity contribution in [2.45, 2.75) is 38.5 Å². The Morgan fingerprint density at radius 2 is 2.19 bits per heavy atom. The lowest BCUT2D eigenvalue weighted by atomic mass is 10.1. The van der Waals surface area contributed by atoms with E-state index < -0.39 is 6.10 Å². The van der Waals surface area contributed by atoms with Gasteiger partial charge in [-0.2, -0.15) is 0 Å². The van der Waals surface area contributed by atoms with Crippen molar-refractivity contribution < 1.29 is 14.3 Å². The first-order valence-electron chi connectivity index (χ1n) is 7.08. The van der Waals surface area contributed by atoms with Crippen molar-refractivity contribution in [3.63, 3.8) is 0 Å². The highest BCUT2D eigenvalue weighted by Crippen LogP contribution is 2.19. The first-order chi connectivity index (χ1) is 10.1.